The number of aliphatic hydroxyl groups is 1. The van der Waals surface area contributed by atoms with E-state index in [1.165, 1.54) is 24.0 Å². The SMILES string of the molecule is CC(C)(C)[C@H](NCC(N)C1CC1)C(=O)N1CCC[C@H]1C(=O)NCCC1(O)CN(C(c2ccccc2)c2ccccc2)C1. The number of amides is 2. The van der Waals surface area contributed by atoms with Gasteiger partial charge < -0.3 is 26.4 Å². The second-order valence-electron chi connectivity index (χ2n) is 13.8. The molecule has 1 unspecified atom stereocenters. The average Bonchev–Trinajstić information content (AvgIpc) is 3.68. The number of carbonyl (C=O) groups excluding carboxylic acids is 2. The Morgan fingerprint density at radius 2 is 1.60 bits per heavy atom. The largest absolute Gasteiger partial charge is 0.387 e. The number of hydrogen-bond donors (Lipinski definition) is 4. The van der Waals surface area contributed by atoms with Crippen molar-refractivity contribution in [2.24, 2.45) is 17.1 Å². The Bertz CT molecular complexity index is 1150. The van der Waals surface area contributed by atoms with Gasteiger partial charge in [-0.15, -0.1) is 0 Å². The molecule has 8 heteroatoms. The van der Waals surface area contributed by atoms with E-state index in [9.17, 15) is 14.7 Å². The van der Waals surface area contributed by atoms with Crippen LogP contribution >= 0.6 is 0 Å². The van der Waals surface area contributed by atoms with Crippen molar-refractivity contribution >= 4 is 11.8 Å². The number of benzene rings is 2. The molecule has 0 radical (unpaired) electrons. The number of rotatable bonds is 12. The van der Waals surface area contributed by atoms with Crippen molar-refractivity contribution in [2.45, 2.75) is 82.6 Å². The van der Waals surface area contributed by atoms with Crippen LogP contribution in [0.15, 0.2) is 60.7 Å². The van der Waals surface area contributed by atoms with E-state index in [-0.39, 0.29) is 29.3 Å². The first kappa shape index (κ1) is 30.7. The van der Waals surface area contributed by atoms with Gasteiger partial charge in [0.25, 0.3) is 0 Å². The molecule has 42 heavy (non-hydrogen) atoms. The van der Waals surface area contributed by atoms with Gasteiger partial charge in [0.1, 0.15) is 6.04 Å². The van der Waals surface area contributed by atoms with Crippen molar-refractivity contribution in [1.82, 2.24) is 20.4 Å². The molecule has 1 aliphatic carbocycles. The van der Waals surface area contributed by atoms with Crippen molar-refractivity contribution in [3.8, 4) is 0 Å². The molecule has 3 aliphatic rings. The molecule has 3 fully saturated rings. The van der Waals surface area contributed by atoms with Gasteiger partial charge in [0.05, 0.1) is 17.7 Å². The normalized spacial score (nSPS) is 22.0. The number of nitrogens with zero attached hydrogens (tertiary/aromatic N) is 2. The number of β-amino-alcohol motifs (C(OH)–C–C–N with tert-alkyl or cyclic N) is 1. The lowest BCUT2D eigenvalue weighted by Gasteiger charge is -2.50. The molecule has 1 saturated carbocycles. The Kier molecular flexibility index (Phi) is 9.38. The van der Waals surface area contributed by atoms with Crippen LogP contribution in [0.1, 0.15) is 70.0 Å². The molecule has 0 spiro atoms. The number of nitrogens with two attached hydrogens (primary N) is 1. The lowest BCUT2D eigenvalue weighted by Crippen LogP contribution is -2.63. The van der Waals surface area contributed by atoms with Gasteiger partial charge in [-0.05, 0) is 54.6 Å². The summed E-state index contributed by atoms with van der Waals surface area (Å²) in [6, 6.07) is 20.0. The summed E-state index contributed by atoms with van der Waals surface area (Å²) in [6.07, 6.45) is 4.27. The highest BCUT2D eigenvalue weighted by atomic mass is 16.3. The Labute approximate surface area is 251 Å². The third-order valence-electron chi connectivity index (χ3n) is 9.22. The fraction of sp³-hybridized carbons (Fsp3) is 0.588. The van der Waals surface area contributed by atoms with Gasteiger partial charge >= 0.3 is 0 Å². The molecule has 8 nitrogen and oxygen atoms in total. The van der Waals surface area contributed by atoms with Crippen LogP contribution < -0.4 is 16.4 Å². The zero-order chi connectivity index (χ0) is 29.9. The van der Waals surface area contributed by atoms with E-state index in [2.05, 4.69) is 60.6 Å². The summed E-state index contributed by atoms with van der Waals surface area (Å²) in [7, 11) is 0. The number of nitrogens with one attached hydrogen (secondary N) is 2. The van der Waals surface area contributed by atoms with Gasteiger partial charge in [-0.3, -0.25) is 14.5 Å². The van der Waals surface area contributed by atoms with Crippen LogP contribution in [0.3, 0.4) is 0 Å². The summed E-state index contributed by atoms with van der Waals surface area (Å²) in [6.45, 7) is 8.80. The Morgan fingerprint density at radius 1 is 1.00 bits per heavy atom. The fourth-order valence-electron chi connectivity index (χ4n) is 6.65. The van der Waals surface area contributed by atoms with Crippen molar-refractivity contribution < 1.29 is 14.7 Å². The number of likely N-dealkylation sites (tertiary alicyclic amines) is 2. The number of hydrogen-bond acceptors (Lipinski definition) is 6. The predicted molar refractivity (Wildman–Crippen MR) is 166 cm³/mol. The van der Waals surface area contributed by atoms with Gasteiger partial charge in [0.2, 0.25) is 11.8 Å². The van der Waals surface area contributed by atoms with E-state index in [0.717, 1.165) is 6.42 Å². The van der Waals surface area contributed by atoms with Gasteiger partial charge in [0.15, 0.2) is 0 Å². The topological polar surface area (TPSA) is 111 Å². The Balaban J connectivity index is 1.14. The second kappa shape index (κ2) is 12.8. The Morgan fingerprint density at radius 3 is 2.14 bits per heavy atom. The van der Waals surface area contributed by atoms with Crippen molar-refractivity contribution in [2.75, 3.05) is 32.7 Å². The van der Waals surface area contributed by atoms with Crippen LogP contribution in [-0.2, 0) is 9.59 Å². The second-order valence-corrected chi connectivity index (χ2v) is 13.8. The van der Waals surface area contributed by atoms with E-state index < -0.39 is 17.7 Å². The maximum absolute atomic E-state index is 13.7. The molecular weight excluding hydrogens is 526 g/mol. The minimum absolute atomic E-state index is 0.0238. The molecule has 2 heterocycles. The molecule has 3 atom stereocenters. The highest BCUT2D eigenvalue weighted by Gasteiger charge is 2.45. The molecule has 5 N–H and O–H groups in total. The van der Waals surface area contributed by atoms with Crippen LogP contribution in [-0.4, -0.2) is 83.2 Å². The van der Waals surface area contributed by atoms with Crippen LogP contribution in [0, 0.1) is 11.3 Å². The minimum Gasteiger partial charge on any atom is -0.387 e. The van der Waals surface area contributed by atoms with Crippen molar-refractivity contribution in [3.63, 3.8) is 0 Å². The van der Waals surface area contributed by atoms with Crippen LogP contribution in [0.4, 0.5) is 0 Å². The summed E-state index contributed by atoms with van der Waals surface area (Å²) in [5.74, 6) is 0.400. The molecule has 2 saturated heterocycles. The molecule has 2 aromatic carbocycles. The highest BCUT2D eigenvalue weighted by Crippen LogP contribution is 2.37. The fourth-order valence-corrected chi connectivity index (χ4v) is 6.65. The van der Waals surface area contributed by atoms with E-state index in [0.29, 0.717) is 51.5 Å². The maximum atomic E-state index is 13.7. The Hall–Kier alpha value is -2.78. The molecule has 0 bridgehead atoms. The smallest absolute Gasteiger partial charge is 0.242 e. The third kappa shape index (κ3) is 7.22. The summed E-state index contributed by atoms with van der Waals surface area (Å²) < 4.78 is 0. The molecule has 2 aliphatic heterocycles. The average molecular weight is 576 g/mol. The van der Waals surface area contributed by atoms with Crippen LogP contribution in [0.2, 0.25) is 0 Å². The zero-order valence-corrected chi connectivity index (χ0v) is 25.5. The van der Waals surface area contributed by atoms with Crippen LogP contribution in [0.25, 0.3) is 0 Å². The zero-order valence-electron chi connectivity index (χ0n) is 25.5. The first-order valence-electron chi connectivity index (χ1n) is 15.7. The first-order chi connectivity index (χ1) is 20.1. The van der Waals surface area contributed by atoms with Crippen molar-refractivity contribution in [3.05, 3.63) is 71.8 Å². The van der Waals surface area contributed by atoms with E-state index in [1.807, 2.05) is 36.4 Å². The molecule has 2 aromatic rings. The monoisotopic (exact) mass is 575 g/mol. The molecule has 2 amide bonds. The summed E-state index contributed by atoms with van der Waals surface area (Å²) in [5, 5.41) is 17.8. The highest BCUT2D eigenvalue weighted by molar-refractivity contribution is 5.90. The standard InChI is InChI=1S/C34H49N5O3/c1-33(2,3)30(37-21-27(35)24-16-17-24)32(41)39-20-10-15-28(39)31(40)36-19-18-34(42)22-38(23-34)29(25-11-6-4-7-12-25)26-13-8-5-9-14-26/h4-9,11-14,24,27-30,37,42H,10,15-23,35H2,1-3H3,(H,36,40)/t27?,28-,30+/m0/s1. The maximum Gasteiger partial charge on any atom is 0.242 e. The quantitative estimate of drug-likeness (QED) is 0.310. The lowest BCUT2D eigenvalue weighted by molar-refractivity contribution is -0.142. The molecular formula is C34H49N5O3. The lowest BCUT2D eigenvalue weighted by atomic mass is 9.85. The van der Waals surface area contributed by atoms with E-state index in [4.69, 9.17) is 5.73 Å². The van der Waals surface area contributed by atoms with Crippen molar-refractivity contribution in [1.29, 1.82) is 0 Å². The molecule has 5 rings (SSSR count). The number of carbonyl (C=O) groups is 2. The van der Waals surface area contributed by atoms with Gasteiger partial charge in [-0.1, -0.05) is 81.4 Å². The van der Waals surface area contributed by atoms with Crippen LogP contribution in [0.5, 0.6) is 0 Å². The minimum atomic E-state index is -0.859. The summed E-state index contributed by atoms with van der Waals surface area (Å²) in [4.78, 5) is 31.1. The first-order valence-corrected chi connectivity index (χ1v) is 15.7. The third-order valence-corrected chi connectivity index (χ3v) is 9.22. The van der Waals surface area contributed by atoms with Gasteiger partial charge in [-0.2, -0.15) is 0 Å². The molecule has 0 aromatic heterocycles. The van der Waals surface area contributed by atoms with Gasteiger partial charge in [-0.25, -0.2) is 0 Å². The van der Waals surface area contributed by atoms with E-state index in [1.54, 1.807) is 4.90 Å². The predicted octanol–water partition coefficient (Wildman–Crippen LogP) is 3.06. The summed E-state index contributed by atoms with van der Waals surface area (Å²) in [5.41, 5.74) is 7.54. The van der Waals surface area contributed by atoms with E-state index >= 15 is 0 Å². The summed E-state index contributed by atoms with van der Waals surface area (Å²) >= 11 is 0. The molecule has 228 valence electrons. The van der Waals surface area contributed by atoms with Gasteiger partial charge in [0, 0.05) is 38.8 Å².